The summed E-state index contributed by atoms with van der Waals surface area (Å²) in [6.07, 6.45) is 0. The molecular formula is C14H19BrN2O2. The van der Waals surface area contributed by atoms with E-state index in [0.717, 1.165) is 41.8 Å². The van der Waals surface area contributed by atoms with Gasteiger partial charge < -0.3 is 10.1 Å². The summed E-state index contributed by atoms with van der Waals surface area (Å²) < 4.78 is 6.03. The second-order valence-electron chi connectivity index (χ2n) is 4.72. The molecule has 0 amide bonds. The van der Waals surface area contributed by atoms with Crippen LogP contribution in [0, 0.1) is 6.92 Å². The highest BCUT2D eigenvalue weighted by Crippen LogP contribution is 2.26. The smallest absolute Gasteiger partial charge is 0.327 e. The fourth-order valence-corrected chi connectivity index (χ4v) is 2.63. The highest BCUT2D eigenvalue weighted by Gasteiger charge is 2.29. The van der Waals surface area contributed by atoms with Crippen LogP contribution >= 0.6 is 15.9 Å². The Hall–Kier alpha value is -0.910. The molecule has 1 aliphatic heterocycles. The topological polar surface area (TPSA) is 41.6 Å². The van der Waals surface area contributed by atoms with Crippen molar-refractivity contribution in [2.24, 2.45) is 0 Å². The predicted molar refractivity (Wildman–Crippen MR) is 78.1 cm³/mol. The molecule has 1 saturated heterocycles. The van der Waals surface area contributed by atoms with E-state index < -0.39 is 0 Å². The number of aryl methyl sites for hydroxylation is 1. The van der Waals surface area contributed by atoms with E-state index in [4.69, 9.17) is 4.74 Å². The van der Waals surface area contributed by atoms with Crippen LogP contribution in [0.25, 0.3) is 0 Å². The third kappa shape index (κ3) is 3.35. The van der Waals surface area contributed by atoms with E-state index in [1.165, 1.54) is 7.11 Å². The van der Waals surface area contributed by atoms with Gasteiger partial charge in [-0.25, -0.2) is 4.79 Å². The first kappa shape index (κ1) is 14.5. The number of piperazine rings is 1. The molecule has 2 rings (SSSR count). The standard InChI is InChI=1S/C14H19BrN2O2/c1-10-9-11(3-4-12(10)15)13(14(18)19-2)17-7-5-16-6-8-17/h3-4,9,13,16H,5-8H2,1-2H3. The van der Waals surface area contributed by atoms with E-state index in [1.54, 1.807) is 0 Å². The summed E-state index contributed by atoms with van der Waals surface area (Å²) in [5, 5.41) is 3.30. The van der Waals surface area contributed by atoms with Crippen molar-refractivity contribution in [3.05, 3.63) is 33.8 Å². The zero-order chi connectivity index (χ0) is 13.8. The third-order valence-electron chi connectivity index (χ3n) is 3.44. The molecule has 1 aliphatic rings. The van der Waals surface area contributed by atoms with E-state index in [2.05, 4.69) is 26.1 Å². The zero-order valence-corrected chi connectivity index (χ0v) is 12.9. The van der Waals surface area contributed by atoms with Crippen LogP contribution in [-0.4, -0.2) is 44.2 Å². The molecule has 1 unspecified atom stereocenters. The number of carbonyl (C=O) groups excluding carboxylic acids is 1. The molecule has 0 spiro atoms. The number of esters is 1. The minimum absolute atomic E-state index is 0.191. The molecule has 0 aliphatic carbocycles. The highest BCUT2D eigenvalue weighted by molar-refractivity contribution is 9.10. The van der Waals surface area contributed by atoms with Gasteiger partial charge in [-0.1, -0.05) is 28.1 Å². The average molecular weight is 327 g/mol. The number of methoxy groups -OCH3 is 1. The van der Waals surface area contributed by atoms with Gasteiger partial charge >= 0.3 is 5.97 Å². The summed E-state index contributed by atoms with van der Waals surface area (Å²) >= 11 is 3.49. The minimum Gasteiger partial charge on any atom is -0.468 e. The molecule has 0 bridgehead atoms. The SMILES string of the molecule is COC(=O)C(c1ccc(Br)c(C)c1)N1CCNCC1. The van der Waals surface area contributed by atoms with Gasteiger partial charge in [0.05, 0.1) is 7.11 Å². The van der Waals surface area contributed by atoms with E-state index in [9.17, 15) is 4.79 Å². The van der Waals surface area contributed by atoms with E-state index in [0.29, 0.717) is 0 Å². The Morgan fingerprint density at radius 2 is 2.11 bits per heavy atom. The quantitative estimate of drug-likeness (QED) is 0.861. The van der Waals surface area contributed by atoms with E-state index in [-0.39, 0.29) is 12.0 Å². The number of nitrogens with one attached hydrogen (secondary N) is 1. The van der Waals surface area contributed by atoms with Crippen LogP contribution < -0.4 is 5.32 Å². The number of halogens is 1. The molecule has 1 aromatic rings. The Morgan fingerprint density at radius 3 is 2.68 bits per heavy atom. The first-order valence-electron chi connectivity index (χ1n) is 6.42. The molecule has 5 heteroatoms. The van der Waals surface area contributed by atoms with Crippen molar-refractivity contribution in [1.29, 1.82) is 0 Å². The summed E-state index contributed by atoms with van der Waals surface area (Å²) in [6.45, 7) is 5.55. The van der Waals surface area contributed by atoms with Gasteiger partial charge in [0.2, 0.25) is 0 Å². The van der Waals surface area contributed by atoms with Gasteiger partial charge in [0.25, 0.3) is 0 Å². The number of rotatable bonds is 3. The van der Waals surface area contributed by atoms with Gasteiger partial charge in [-0.15, -0.1) is 0 Å². The second-order valence-corrected chi connectivity index (χ2v) is 5.57. The maximum atomic E-state index is 12.1. The van der Waals surface area contributed by atoms with Gasteiger partial charge in [-0.3, -0.25) is 4.90 Å². The van der Waals surface area contributed by atoms with Gasteiger partial charge in [0.15, 0.2) is 0 Å². The third-order valence-corrected chi connectivity index (χ3v) is 4.33. The Labute approximate surface area is 122 Å². The number of carbonyl (C=O) groups is 1. The van der Waals surface area contributed by atoms with E-state index >= 15 is 0 Å². The molecule has 104 valence electrons. The predicted octanol–water partition coefficient (Wildman–Crippen LogP) is 1.88. The first-order valence-corrected chi connectivity index (χ1v) is 7.21. The number of ether oxygens (including phenoxy) is 1. The molecule has 1 aromatic carbocycles. The number of hydrogen-bond acceptors (Lipinski definition) is 4. The Morgan fingerprint density at radius 1 is 1.42 bits per heavy atom. The Balaban J connectivity index is 2.30. The average Bonchev–Trinajstić information content (AvgIpc) is 2.44. The first-order chi connectivity index (χ1) is 9.13. The van der Waals surface area contributed by atoms with Gasteiger partial charge in [0.1, 0.15) is 6.04 Å². The summed E-state index contributed by atoms with van der Waals surface area (Å²) in [5.41, 5.74) is 2.12. The lowest BCUT2D eigenvalue weighted by atomic mass is 10.0. The maximum absolute atomic E-state index is 12.1. The molecular weight excluding hydrogens is 308 g/mol. The summed E-state index contributed by atoms with van der Waals surface area (Å²) in [5.74, 6) is -0.191. The van der Waals surface area contributed by atoms with Crippen LogP contribution in [0.3, 0.4) is 0 Å². The molecule has 0 aromatic heterocycles. The molecule has 1 atom stereocenters. The fourth-order valence-electron chi connectivity index (χ4n) is 2.39. The molecule has 4 nitrogen and oxygen atoms in total. The Kier molecular flexibility index (Phi) is 4.96. The van der Waals surface area contributed by atoms with Crippen LogP contribution in [0.1, 0.15) is 17.2 Å². The lowest BCUT2D eigenvalue weighted by Crippen LogP contribution is -2.47. The van der Waals surface area contributed by atoms with Crippen molar-refractivity contribution in [2.45, 2.75) is 13.0 Å². The van der Waals surface area contributed by atoms with Gasteiger partial charge in [0, 0.05) is 30.7 Å². The zero-order valence-electron chi connectivity index (χ0n) is 11.3. The number of benzene rings is 1. The molecule has 1 heterocycles. The minimum atomic E-state index is -0.307. The molecule has 19 heavy (non-hydrogen) atoms. The maximum Gasteiger partial charge on any atom is 0.327 e. The van der Waals surface area contributed by atoms with Crippen LogP contribution in [0.2, 0.25) is 0 Å². The lowest BCUT2D eigenvalue weighted by Gasteiger charge is -2.33. The molecule has 0 saturated carbocycles. The van der Waals surface area contributed by atoms with Crippen LogP contribution in [-0.2, 0) is 9.53 Å². The number of nitrogens with zero attached hydrogens (tertiary/aromatic N) is 1. The highest BCUT2D eigenvalue weighted by atomic mass is 79.9. The molecule has 1 fully saturated rings. The van der Waals surface area contributed by atoms with Crippen molar-refractivity contribution in [1.82, 2.24) is 10.2 Å². The Bertz CT molecular complexity index is 459. The van der Waals surface area contributed by atoms with Gasteiger partial charge in [-0.05, 0) is 24.1 Å². The number of hydrogen-bond donors (Lipinski definition) is 1. The molecule has 0 radical (unpaired) electrons. The van der Waals surface area contributed by atoms with Gasteiger partial charge in [-0.2, -0.15) is 0 Å². The summed E-state index contributed by atoms with van der Waals surface area (Å²) in [4.78, 5) is 14.3. The van der Waals surface area contributed by atoms with Crippen molar-refractivity contribution in [2.75, 3.05) is 33.3 Å². The van der Waals surface area contributed by atoms with Crippen LogP contribution in [0.5, 0.6) is 0 Å². The van der Waals surface area contributed by atoms with E-state index in [1.807, 2.05) is 25.1 Å². The monoisotopic (exact) mass is 326 g/mol. The van der Waals surface area contributed by atoms with Crippen molar-refractivity contribution in [3.8, 4) is 0 Å². The van der Waals surface area contributed by atoms with Crippen molar-refractivity contribution < 1.29 is 9.53 Å². The van der Waals surface area contributed by atoms with Crippen LogP contribution in [0.4, 0.5) is 0 Å². The van der Waals surface area contributed by atoms with Crippen molar-refractivity contribution >= 4 is 21.9 Å². The lowest BCUT2D eigenvalue weighted by molar-refractivity contribution is -0.147. The summed E-state index contributed by atoms with van der Waals surface area (Å²) in [6, 6.07) is 5.72. The fraction of sp³-hybridized carbons (Fsp3) is 0.500. The second kappa shape index (κ2) is 6.50. The summed E-state index contributed by atoms with van der Waals surface area (Å²) in [7, 11) is 1.45. The van der Waals surface area contributed by atoms with Crippen LogP contribution in [0.15, 0.2) is 22.7 Å². The molecule has 1 N–H and O–H groups in total. The largest absolute Gasteiger partial charge is 0.468 e. The van der Waals surface area contributed by atoms with Crippen molar-refractivity contribution in [3.63, 3.8) is 0 Å². The normalized spacial score (nSPS) is 18.1.